The van der Waals surface area contributed by atoms with Gasteiger partial charge in [0, 0.05) is 5.56 Å². The third-order valence-electron chi connectivity index (χ3n) is 3.20. The molecule has 8 heteroatoms. The number of nitrogens with zero attached hydrogens (tertiary/aromatic N) is 1. The minimum Gasteiger partial charge on any atom is -0.489 e. The summed E-state index contributed by atoms with van der Waals surface area (Å²) >= 11 is 5.50. The molecule has 0 N–H and O–H groups in total. The second kappa shape index (κ2) is 8.02. The second-order valence-corrected chi connectivity index (χ2v) is 5.21. The molecule has 0 spiro atoms. The molecule has 0 amide bonds. The molecule has 0 saturated carbocycles. The largest absolute Gasteiger partial charge is 0.489 e. The summed E-state index contributed by atoms with van der Waals surface area (Å²) in [6, 6.07) is 11.1. The fraction of sp³-hybridized carbons (Fsp3) is 0.176. The van der Waals surface area contributed by atoms with Gasteiger partial charge in [-0.2, -0.15) is 13.2 Å². The Bertz CT molecular complexity index is 791. The predicted molar refractivity (Wildman–Crippen MR) is 86.6 cm³/mol. The Labute approximate surface area is 146 Å². The third-order valence-corrected chi connectivity index (χ3v) is 3.38. The molecular formula is C17H13ClF3NO3. The maximum absolute atomic E-state index is 12.7. The Morgan fingerprint density at radius 1 is 1.16 bits per heavy atom. The Kier molecular flexibility index (Phi) is 6.03. The molecule has 0 bridgehead atoms. The van der Waals surface area contributed by atoms with E-state index in [9.17, 15) is 18.0 Å². The number of halogens is 4. The van der Waals surface area contributed by atoms with Crippen LogP contribution in [-0.4, -0.2) is 18.1 Å². The minimum atomic E-state index is -4.46. The number of carbonyl (C=O) groups excluding carboxylic acids is 1. The summed E-state index contributed by atoms with van der Waals surface area (Å²) in [5.74, 6) is 0.0482. The molecule has 132 valence electrons. The van der Waals surface area contributed by atoms with Gasteiger partial charge in [-0.05, 0) is 35.4 Å². The zero-order valence-corrected chi connectivity index (χ0v) is 13.8. The van der Waals surface area contributed by atoms with Crippen molar-refractivity contribution in [2.75, 3.05) is 7.11 Å². The molecule has 0 radical (unpaired) electrons. The molecule has 0 fully saturated rings. The monoisotopic (exact) mass is 371 g/mol. The van der Waals surface area contributed by atoms with Gasteiger partial charge >= 0.3 is 6.18 Å². The average Bonchev–Trinajstić information content (AvgIpc) is 2.57. The highest BCUT2D eigenvalue weighted by Gasteiger charge is 2.30. The first-order valence-electron chi connectivity index (χ1n) is 7.02. The fourth-order valence-electron chi connectivity index (χ4n) is 2.08. The van der Waals surface area contributed by atoms with Crippen LogP contribution in [0.25, 0.3) is 0 Å². The molecule has 25 heavy (non-hydrogen) atoms. The minimum absolute atomic E-state index is 0.0482. The van der Waals surface area contributed by atoms with Crippen LogP contribution in [-0.2, 0) is 22.4 Å². The van der Waals surface area contributed by atoms with Crippen LogP contribution in [0.3, 0.4) is 0 Å². The summed E-state index contributed by atoms with van der Waals surface area (Å²) in [5.41, 5.74) is -0.0377. The zero-order valence-electron chi connectivity index (χ0n) is 13.0. The van der Waals surface area contributed by atoms with Crippen molar-refractivity contribution in [3.63, 3.8) is 0 Å². The summed E-state index contributed by atoms with van der Waals surface area (Å²) in [4.78, 5) is 16.1. The van der Waals surface area contributed by atoms with Gasteiger partial charge in [-0.15, -0.1) is 0 Å². The van der Waals surface area contributed by atoms with Crippen molar-refractivity contribution in [1.29, 1.82) is 0 Å². The van der Waals surface area contributed by atoms with Crippen LogP contribution in [0, 0.1) is 0 Å². The summed E-state index contributed by atoms with van der Waals surface area (Å²) in [5, 5.41) is 2.76. The molecule has 0 unspecified atom stereocenters. The van der Waals surface area contributed by atoms with Crippen molar-refractivity contribution >= 4 is 22.6 Å². The maximum atomic E-state index is 12.7. The molecule has 0 aliphatic heterocycles. The molecule has 4 nitrogen and oxygen atoms in total. The lowest BCUT2D eigenvalue weighted by molar-refractivity contribution is -0.137. The standard InChI is InChI=1S/C17H13ClF3NO3/c1-24-22-15(16(18)23)14-8-3-2-5-11(14)10-25-13-7-4-6-12(9-13)17(19,20)21/h2-9H,10H2,1H3. The normalized spacial score (nSPS) is 12.0. The lowest BCUT2D eigenvalue weighted by Crippen LogP contribution is -2.14. The predicted octanol–water partition coefficient (Wildman–Crippen LogP) is 4.40. The smallest absolute Gasteiger partial charge is 0.416 e. The topological polar surface area (TPSA) is 47.9 Å². The van der Waals surface area contributed by atoms with E-state index in [4.69, 9.17) is 16.3 Å². The molecule has 2 aromatic rings. The van der Waals surface area contributed by atoms with Gasteiger partial charge in [0.1, 0.15) is 19.5 Å². The highest BCUT2D eigenvalue weighted by atomic mass is 35.5. The fourth-order valence-corrected chi connectivity index (χ4v) is 2.22. The Morgan fingerprint density at radius 3 is 2.52 bits per heavy atom. The van der Waals surface area contributed by atoms with Crippen LogP contribution in [0.2, 0.25) is 0 Å². The third kappa shape index (κ3) is 4.96. The molecule has 0 aliphatic carbocycles. The van der Waals surface area contributed by atoms with E-state index < -0.39 is 17.0 Å². The first kappa shape index (κ1) is 18.8. The Balaban J connectivity index is 2.25. The number of carbonyl (C=O) groups is 1. The molecule has 0 atom stereocenters. The molecular weight excluding hydrogens is 359 g/mol. The molecule has 0 saturated heterocycles. The van der Waals surface area contributed by atoms with Gasteiger partial charge < -0.3 is 9.57 Å². The lowest BCUT2D eigenvalue weighted by atomic mass is 10.0. The van der Waals surface area contributed by atoms with Crippen LogP contribution in [0.5, 0.6) is 5.75 Å². The van der Waals surface area contributed by atoms with Crippen molar-refractivity contribution in [2.45, 2.75) is 12.8 Å². The number of hydrogen-bond donors (Lipinski definition) is 0. The van der Waals surface area contributed by atoms with Crippen molar-refractivity contribution in [1.82, 2.24) is 0 Å². The van der Waals surface area contributed by atoms with E-state index in [-0.39, 0.29) is 18.1 Å². The quantitative estimate of drug-likeness (QED) is 0.429. The second-order valence-electron chi connectivity index (χ2n) is 4.87. The van der Waals surface area contributed by atoms with E-state index in [2.05, 4.69) is 9.99 Å². The first-order valence-corrected chi connectivity index (χ1v) is 7.40. The SMILES string of the molecule is CON=C(C(=O)Cl)c1ccccc1COc1cccc(C(F)(F)F)c1. The highest BCUT2D eigenvalue weighted by molar-refractivity contribution is 6.84. The van der Waals surface area contributed by atoms with Crippen LogP contribution in [0.1, 0.15) is 16.7 Å². The zero-order chi connectivity index (χ0) is 18.4. The highest BCUT2D eigenvalue weighted by Crippen LogP contribution is 2.31. The molecule has 2 aromatic carbocycles. The number of oxime groups is 1. The van der Waals surface area contributed by atoms with Crippen LogP contribution in [0.4, 0.5) is 13.2 Å². The Hall–Kier alpha value is -2.54. The number of benzene rings is 2. The molecule has 0 aliphatic rings. The van der Waals surface area contributed by atoms with Gasteiger partial charge in [-0.1, -0.05) is 35.5 Å². The van der Waals surface area contributed by atoms with Crippen LogP contribution in [0.15, 0.2) is 53.7 Å². The van der Waals surface area contributed by atoms with Gasteiger partial charge in [0.05, 0.1) is 5.56 Å². The van der Waals surface area contributed by atoms with E-state index in [0.29, 0.717) is 11.1 Å². The van der Waals surface area contributed by atoms with Gasteiger partial charge in [0.2, 0.25) is 0 Å². The van der Waals surface area contributed by atoms with Gasteiger partial charge in [-0.25, -0.2) is 0 Å². The van der Waals surface area contributed by atoms with Crippen molar-refractivity contribution < 1.29 is 27.5 Å². The summed E-state index contributed by atoms with van der Waals surface area (Å²) in [6.45, 7) is -0.0790. The number of hydrogen-bond acceptors (Lipinski definition) is 4. The van der Waals surface area contributed by atoms with E-state index >= 15 is 0 Å². The number of alkyl halides is 3. The number of rotatable bonds is 6. The van der Waals surface area contributed by atoms with E-state index in [1.54, 1.807) is 24.3 Å². The van der Waals surface area contributed by atoms with Crippen molar-refractivity contribution in [2.24, 2.45) is 5.16 Å². The van der Waals surface area contributed by atoms with Crippen LogP contribution < -0.4 is 4.74 Å². The van der Waals surface area contributed by atoms with Crippen molar-refractivity contribution in [3.8, 4) is 5.75 Å². The van der Waals surface area contributed by atoms with E-state index in [1.165, 1.54) is 19.2 Å². The summed E-state index contributed by atoms with van der Waals surface area (Å²) < 4.78 is 43.6. The average molecular weight is 372 g/mol. The molecule has 0 aromatic heterocycles. The summed E-state index contributed by atoms with van der Waals surface area (Å²) in [6.07, 6.45) is -4.46. The van der Waals surface area contributed by atoms with E-state index in [1.807, 2.05) is 0 Å². The Morgan fingerprint density at radius 2 is 1.88 bits per heavy atom. The number of ether oxygens (including phenoxy) is 1. The summed E-state index contributed by atoms with van der Waals surface area (Å²) in [7, 11) is 1.27. The molecule has 2 rings (SSSR count). The first-order chi connectivity index (χ1) is 11.8. The van der Waals surface area contributed by atoms with Crippen LogP contribution >= 0.6 is 11.6 Å². The lowest BCUT2D eigenvalue weighted by Gasteiger charge is -2.12. The van der Waals surface area contributed by atoms with Gasteiger partial charge in [-0.3, -0.25) is 4.79 Å². The van der Waals surface area contributed by atoms with Gasteiger partial charge in [0.15, 0.2) is 5.71 Å². The maximum Gasteiger partial charge on any atom is 0.416 e. The van der Waals surface area contributed by atoms with Gasteiger partial charge in [0.25, 0.3) is 5.24 Å². The van der Waals surface area contributed by atoms with E-state index in [0.717, 1.165) is 12.1 Å². The van der Waals surface area contributed by atoms with Crippen molar-refractivity contribution in [3.05, 3.63) is 65.2 Å². The molecule has 0 heterocycles.